The van der Waals surface area contributed by atoms with Crippen molar-refractivity contribution in [1.29, 1.82) is 0 Å². The first-order valence-electron chi connectivity index (χ1n) is 9.61. The number of amides is 2. The van der Waals surface area contributed by atoms with Gasteiger partial charge in [-0.15, -0.1) is 11.3 Å². The fourth-order valence-corrected chi connectivity index (χ4v) is 4.01. The minimum atomic E-state index is -0.869. The first-order chi connectivity index (χ1) is 15.2. The maximum absolute atomic E-state index is 12.9. The smallest absolute Gasteiger partial charge is 0.283 e. The van der Waals surface area contributed by atoms with Crippen molar-refractivity contribution >= 4 is 34.1 Å². The average molecular weight is 431 g/mol. The lowest BCUT2D eigenvalue weighted by atomic mass is 10.1. The van der Waals surface area contributed by atoms with Gasteiger partial charge in [0.25, 0.3) is 11.8 Å². The van der Waals surface area contributed by atoms with Crippen LogP contribution in [0.1, 0.15) is 10.4 Å². The summed E-state index contributed by atoms with van der Waals surface area (Å²) in [6.07, 6.45) is -0.869. The van der Waals surface area contributed by atoms with Gasteiger partial charge in [0.1, 0.15) is 6.61 Å². The van der Waals surface area contributed by atoms with Crippen LogP contribution in [0.2, 0.25) is 0 Å². The van der Waals surface area contributed by atoms with Crippen LogP contribution in [0.5, 0.6) is 11.5 Å². The number of hydrogen-bond donors (Lipinski definition) is 2. The van der Waals surface area contributed by atoms with Crippen LogP contribution in [0, 0.1) is 0 Å². The van der Waals surface area contributed by atoms with E-state index in [-0.39, 0.29) is 6.61 Å². The molecule has 5 rings (SSSR count). The van der Waals surface area contributed by atoms with Crippen LogP contribution in [-0.2, 0) is 4.79 Å². The molecule has 1 aliphatic rings. The topological polar surface area (TPSA) is 89.6 Å². The molecule has 0 fully saturated rings. The minimum absolute atomic E-state index is 0.0550. The van der Waals surface area contributed by atoms with Gasteiger partial charge in [0.15, 0.2) is 11.5 Å². The van der Waals surface area contributed by atoms with Crippen LogP contribution in [0.15, 0.2) is 72.1 Å². The van der Waals surface area contributed by atoms with E-state index < -0.39 is 17.9 Å². The van der Waals surface area contributed by atoms with E-state index in [9.17, 15) is 9.59 Å². The highest BCUT2D eigenvalue weighted by molar-refractivity contribution is 7.13. The van der Waals surface area contributed by atoms with Crippen molar-refractivity contribution in [2.24, 2.45) is 0 Å². The van der Waals surface area contributed by atoms with E-state index >= 15 is 0 Å². The molecule has 2 N–H and O–H groups in total. The quantitative estimate of drug-likeness (QED) is 0.484. The molecular formula is C23H17N3O4S. The van der Waals surface area contributed by atoms with Crippen LogP contribution >= 0.6 is 11.3 Å². The molecule has 2 aromatic carbocycles. The molecule has 0 aliphatic carbocycles. The van der Waals surface area contributed by atoms with Gasteiger partial charge in [0, 0.05) is 5.39 Å². The molecule has 7 nitrogen and oxygen atoms in total. The molecule has 0 bridgehead atoms. The number of pyridine rings is 1. The molecular weight excluding hydrogens is 414 g/mol. The highest BCUT2D eigenvalue weighted by Crippen LogP contribution is 2.31. The summed E-state index contributed by atoms with van der Waals surface area (Å²) in [4.78, 5) is 31.1. The number of aromatic nitrogens is 1. The third-order valence-corrected chi connectivity index (χ3v) is 5.73. The maximum atomic E-state index is 12.9. The van der Waals surface area contributed by atoms with E-state index in [1.165, 1.54) is 0 Å². The molecule has 0 saturated carbocycles. The zero-order chi connectivity index (χ0) is 21.2. The fourth-order valence-electron chi connectivity index (χ4n) is 3.33. The Morgan fingerprint density at radius 2 is 1.77 bits per heavy atom. The Balaban J connectivity index is 1.34. The summed E-state index contributed by atoms with van der Waals surface area (Å²) in [6.45, 7) is 0.0550. The Morgan fingerprint density at radius 3 is 2.61 bits per heavy atom. The molecule has 8 heteroatoms. The number of hydrazine groups is 1. The average Bonchev–Trinajstić information content (AvgIpc) is 3.36. The lowest BCUT2D eigenvalue weighted by Crippen LogP contribution is -2.50. The lowest BCUT2D eigenvalue weighted by Gasteiger charge is -2.25. The van der Waals surface area contributed by atoms with Gasteiger partial charge in [0.05, 0.1) is 21.7 Å². The van der Waals surface area contributed by atoms with Gasteiger partial charge >= 0.3 is 0 Å². The van der Waals surface area contributed by atoms with E-state index in [0.717, 1.165) is 4.88 Å². The number of nitrogens with one attached hydrogen (secondary N) is 2. The molecule has 154 valence electrons. The summed E-state index contributed by atoms with van der Waals surface area (Å²) < 4.78 is 11.2. The van der Waals surface area contributed by atoms with Gasteiger partial charge in [-0.25, -0.2) is 4.98 Å². The number of fused-ring (bicyclic) bond motifs is 2. The zero-order valence-corrected chi connectivity index (χ0v) is 17.0. The van der Waals surface area contributed by atoms with Crippen LogP contribution in [0.4, 0.5) is 0 Å². The minimum Gasteiger partial charge on any atom is -0.485 e. The van der Waals surface area contributed by atoms with Crippen molar-refractivity contribution in [2.45, 2.75) is 6.10 Å². The summed E-state index contributed by atoms with van der Waals surface area (Å²) >= 11 is 1.54. The Bertz CT molecular complexity index is 1270. The molecule has 31 heavy (non-hydrogen) atoms. The number of rotatable bonds is 3. The molecule has 0 spiro atoms. The Hall–Kier alpha value is -3.91. The zero-order valence-electron chi connectivity index (χ0n) is 16.2. The number of nitrogens with zero attached hydrogens (tertiary/aromatic N) is 1. The third-order valence-electron chi connectivity index (χ3n) is 4.83. The molecule has 2 aromatic heterocycles. The number of carbonyl (C=O) groups excluding carboxylic acids is 2. The summed E-state index contributed by atoms with van der Waals surface area (Å²) in [7, 11) is 0. The van der Waals surface area contributed by atoms with Gasteiger partial charge in [-0.1, -0.05) is 36.4 Å². The second-order valence-electron chi connectivity index (χ2n) is 6.86. The van der Waals surface area contributed by atoms with Crippen LogP contribution in [0.25, 0.3) is 21.5 Å². The molecule has 0 radical (unpaired) electrons. The summed E-state index contributed by atoms with van der Waals surface area (Å²) in [5.74, 6) is 0.127. The van der Waals surface area contributed by atoms with Crippen molar-refractivity contribution in [3.05, 3.63) is 77.7 Å². The highest BCUT2D eigenvalue weighted by Gasteiger charge is 2.27. The first-order valence-corrected chi connectivity index (χ1v) is 10.5. The van der Waals surface area contributed by atoms with Gasteiger partial charge in [0.2, 0.25) is 6.10 Å². The van der Waals surface area contributed by atoms with E-state index in [2.05, 4.69) is 15.8 Å². The summed E-state index contributed by atoms with van der Waals surface area (Å²) in [5, 5.41) is 2.65. The summed E-state index contributed by atoms with van der Waals surface area (Å²) in [6, 6.07) is 20.1. The molecule has 2 amide bonds. The molecule has 0 saturated heterocycles. The molecule has 3 heterocycles. The second kappa shape index (κ2) is 8.08. The van der Waals surface area contributed by atoms with E-state index in [1.807, 2.05) is 47.8 Å². The van der Waals surface area contributed by atoms with Crippen molar-refractivity contribution < 1.29 is 19.1 Å². The molecule has 1 aliphatic heterocycles. The molecule has 1 unspecified atom stereocenters. The predicted molar refractivity (Wildman–Crippen MR) is 117 cm³/mol. The van der Waals surface area contributed by atoms with Crippen molar-refractivity contribution in [3.63, 3.8) is 0 Å². The van der Waals surface area contributed by atoms with E-state index in [0.29, 0.717) is 33.7 Å². The Labute approximate surface area is 181 Å². The number of ether oxygens (including phenoxy) is 2. The second-order valence-corrected chi connectivity index (χ2v) is 7.80. The summed E-state index contributed by atoms with van der Waals surface area (Å²) in [5.41, 5.74) is 6.74. The lowest BCUT2D eigenvalue weighted by molar-refractivity contribution is -0.131. The van der Waals surface area contributed by atoms with Crippen LogP contribution in [0.3, 0.4) is 0 Å². The van der Waals surface area contributed by atoms with E-state index in [1.54, 1.807) is 35.6 Å². The standard InChI is InChI=1S/C23H17N3O4S/c27-22(25-26-23(28)20-13-29-18-8-3-4-9-19(18)30-20)15-12-17(21-10-5-11-31-21)24-16-7-2-1-6-14(15)16/h1-12,20H,13H2,(H,25,27)(H,26,28). The number of benzene rings is 2. The maximum Gasteiger partial charge on any atom is 0.283 e. The van der Waals surface area contributed by atoms with Crippen molar-refractivity contribution in [2.75, 3.05) is 6.61 Å². The van der Waals surface area contributed by atoms with Crippen molar-refractivity contribution in [3.8, 4) is 22.1 Å². The Kier molecular flexibility index (Phi) is 4.97. The predicted octanol–water partition coefficient (Wildman–Crippen LogP) is 3.56. The highest BCUT2D eigenvalue weighted by atomic mass is 32.1. The Morgan fingerprint density at radius 1 is 0.968 bits per heavy atom. The largest absolute Gasteiger partial charge is 0.485 e. The molecule has 4 aromatic rings. The van der Waals surface area contributed by atoms with Crippen molar-refractivity contribution in [1.82, 2.24) is 15.8 Å². The number of thiophene rings is 1. The van der Waals surface area contributed by atoms with E-state index in [4.69, 9.17) is 9.47 Å². The van der Waals surface area contributed by atoms with Crippen LogP contribution in [-0.4, -0.2) is 29.5 Å². The third kappa shape index (κ3) is 3.80. The SMILES string of the molecule is O=C(NNC(=O)C1COc2ccccc2O1)c1cc(-c2cccs2)nc2ccccc12. The van der Waals surface area contributed by atoms with Gasteiger partial charge in [-0.05, 0) is 35.7 Å². The van der Waals surface area contributed by atoms with Gasteiger partial charge in [-0.3, -0.25) is 20.4 Å². The number of para-hydroxylation sites is 3. The number of hydrogen-bond acceptors (Lipinski definition) is 6. The normalized spacial score (nSPS) is 14.8. The monoisotopic (exact) mass is 431 g/mol. The van der Waals surface area contributed by atoms with Crippen LogP contribution < -0.4 is 20.3 Å². The first kappa shape index (κ1) is 19.1. The van der Waals surface area contributed by atoms with Gasteiger partial charge in [-0.2, -0.15) is 0 Å². The fraction of sp³-hybridized carbons (Fsp3) is 0.0870. The molecule has 1 atom stereocenters. The number of carbonyl (C=O) groups is 2. The van der Waals surface area contributed by atoms with Gasteiger partial charge < -0.3 is 9.47 Å².